The van der Waals surface area contributed by atoms with Crippen molar-refractivity contribution < 1.29 is 14.4 Å². The molecular formula is C31H40O3. The van der Waals surface area contributed by atoms with E-state index in [1.54, 1.807) is 0 Å². The summed E-state index contributed by atoms with van der Waals surface area (Å²) in [4.78, 5) is 41.0. The molecule has 0 bridgehead atoms. The van der Waals surface area contributed by atoms with Crippen LogP contribution in [-0.2, 0) is 9.59 Å². The monoisotopic (exact) mass is 460 g/mol. The number of rotatable bonds is 2. The molecule has 5 unspecified atom stereocenters. The van der Waals surface area contributed by atoms with Crippen LogP contribution in [0.5, 0.6) is 0 Å². The molecule has 4 rings (SSSR count). The molecule has 0 saturated carbocycles. The lowest BCUT2D eigenvalue weighted by molar-refractivity contribution is -0.139. The minimum atomic E-state index is -0.891. The lowest BCUT2D eigenvalue weighted by Crippen LogP contribution is -2.62. The number of fused-ring (bicyclic) bond motifs is 3. The first-order valence-electron chi connectivity index (χ1n) is 12.7. The molecule has 34 heavy (non-hydrogen) atoms. The van der Waals surface area contributed by atoms with E-state index in [0.29, 0.717) is 17.9 Å². The van der Waals surface area contributed by atoms with Crippen molar-refractivity contribution in [3.63, 3.8) is 0 Å². The molecule has 1 aromatic rings. The van der Waals surface area contributed by atoms with Crippen LogP contribution in [0.15, 0.2) is 34.4 Å². The molecule has 0 spiro atoms. The molecule has 3 heteroatoms. The van der Waals surface area contributed by atoms with Crippen LogP contribution >= 0.6 is 0 Å². The van der Waals surface area contributed by atoms with E-state index in [2.05, 4.69) is 53.7 Å². The van der Waals surface area contributed by atoms with Crippen LogP contribution in [0.25, 0.3) is 0 Å². The van der Waals surface area contributed by atoms with Gasteiger partial charge in [0.15, 0.2) is 17.3 Å². The highest BCUT2D eigenvalue weighted by Gasteiger charge is 2.67. The van der Waals surface area contributed by atoms with Gasteiger partial charge in [0.25, 0.3) is 0 Å². The lowest BCUT2D eigenvalue weighted by Gasteiger charge is -2.64. The first kappa shape index (κ1) is 24.8. The highest BCUT2D eigenvalue weighted by Crippen LogP contribution is 2.71. The van der Waals surface area contributed by atoms with Gasteiger partial charge in [-0.1, -0.05) is 64.8 Å². The van der Waals surface area contributed by atoms with Crippen LogP contribution in [0, 0.1) is 29.1 Å². The number of Topliss-reactive ketones (excluding diaryl/α,β-unsaturated/α-hetero) is 3. The molecule has 0 heterocycles. The van der Waals surface area contributed by atoms with Gasteiger partial charge < -0.3 is 0 Å². The molecule has 1 aromatic carbocycles. The second-order valence-corrected chi connectivity index (χ2v) is 12.2. The van der Waals surface area contributed by atoms with E-state index in [0.717, 1.165) is 27.8 Å². The molecule has 5 atom stereocenters. The number of carbonyl (C=O) groups excluding carboxylic acids is 3. The topological polar surface area (TPSA) is 51.2 Å². The number of carbonyl (C=O) groups is 3. The molecule has 182 valence electrons. The van der Waals surface area contributed by atoms with Crippen molar-refractivity contribution in [2.24, 2.45) is 22.2 Å². The lowest BCUT2D eigenvalue weighted by atomic mass is 9.37. The molecule has 0 amide bonds. The molecule has 0 aromatic heterocycles. The van der Waals surface area contributed by atoms with E-state index in [1.807, 2.05) is 27.7 Å². The molecule has 0 aliphatic heterocycles. The number of hydrogen-bond donors (Lipinski definition) is 0. The van der Waals surface area contributed by atoms with Crippen molar-refractivity contribution in [3.05, 3.63) is 56.7 Å². The van der Waals surface area contributed by atoms with E-state index >= 15 is 0 Å². The summed E-state index contributed by atoms with van der Waals surface area (Å²) in [6, 6.07) is 4.27. The van der Waals surface area contributed by atoms with Gasteiger partial charge in [0, 0.05) is 16.6 Å². The van der Waals surface area contributed by atoms with Gasteiger partial charge in [-0.15, -0.1) is 0 Å². The Morgan fingerprint density at radius 1 is 1.03 bits per heavy atom. The predicted octanol–water partition coefficient (Wildman–Crippen LogP) is 7.28. The Balaban J connectivity index is 2.13. The highest BCUT2D eigenvalue weighted by molar-refractivity contribution is 6.24. The van der Waals surface area contributed by atoms with Crippen molar-refractivity contribution in [1.29, 1.82) is 0 Å². The number of hydrogen-bond acceptors (Lipinski definition) is 3. The van der Waals surface area contributed by atoms with Crippen LogP contribution in [0.2, 0.25) is 0 Å². The van der Waals surface area contributed by atoms with Gasteiger partial charge in [-0.05, 0) is 80.9 Å². The summed E-state index contributed by atoms with van der Waals surface area (Å²) in [5, 5.41) is 0. The fourth-order valence-corrected chi connectivity index (χ4v) is 8.14. The fraction of sp³-hybridized carbons (Fsp3) is 0.581. The zero-order valence-corrected chi connectivity index (χ0v) is 22.8. The molecule has 0 radical (unpaired) electrons. The zero-order chi connectivity index (χ0) is 25.7. The minimum absolute atomic E-state index is 0.0590. The van der Waals surface area contributed by atoms with Crippen molar-refractivity contribution in [1.82, 2.24) is 0 Å². The summed E-state index contributed by atoms with van der Waals surface area (Å²) in [6.07, 6.45) is 0.685. The van der Waals surface area contributed by atoms with E-state index in [-0.39, 0.29) is 29.2 Å². The predicted molar refractivity (Wildman–Crippen MR) is 137 cm³/mol. The van der Waals surface area contributed by atoms with Crippen molar-refractivity contribution >= 4 is 17.3 Å². The number of benzene rings is 1. The summed E-state index contributed by atoms with van der Waals surface area (Å²) in [5.41, 5.74) is 5.46. The second-order valence-electron chi connectivity index (χ2n) is 12.2. The number of aryl methyl sites for hydroxylation is 1. The normalized spacial score (nSPS) is 35.4. The maximum absolute atomic E-state index is 14.4. The van der Waals surface area contributed by atoms with Gasteiger partial charge in [-0.2, -0.15) is 0 Å². The molecule has 0 N–H and O–H groups in total. The largest absolute Gasteiger partial charge is 0.294 e. The first-order chi connectivity index (χ1) is 15.6. The fourth-order valence-electron chi connectivity index (χ4n) is 8.14. The van der Waals surface area contributed by atoms with Gasteiger partial charge >= 0.3 is 0 Å². The Morgan fingerprint density at radius 3 is 2.15 bits per heavy atom. The molecular weight excluding hydrogens is 420 g/mol. The molecule has 0 saturated heterocycles. The Bertz CT molecular complexity index is 1230. The average Bonchev–Trinajstić information content (AvgIpc) is 2.73. The van der Waals surface area contributed by atoms with Crippen molar-refractivity contribution in [2.45, 2.75) is 94.4 Å². The highest BCUT2D eigenvalue weighted by atomic mass is 16.2. The smallest absolute Gasteiger partial charge is 0.190 e. The standard InChI is InChI=1S/C31H40O3/c1-15(2)22-13-12-16(3)24-25(22)18(5)30(10)21(8)29(9)14-17(4)23(20(7)32)28(34)31(29,11)19(6)26(30)27(24)33/h12-13,15,18,21H,14H2,1-11H3. The van der Waals surface area contributed by atoms with Crippen LogP contribution in [0.4, 0.5) is 0 Å². The van der Waals surface area contributed by atoms with Gasteiger partial charge in [0.2, 0.25) is 0 Å². The maximum Gasteiger partial charge on any atom is 0.190 e. The van der Waals surface area contributed by atoms with Gasteiger partial charge in [0.1, 0.15) is 0 Å². The first-order valence-corrected chi connectivity index (χ1v) is 12.7. The maximum atomic E-state index is 14.4. The number of ketones is 3. The van der Waals surface area contributed by atoms with Gasteiger partial charge in [0.05, 0.1) is 11.0 Å². The average molecular weight is 461 g/mol. The third-order valence-corrected chi connectivity index (χ3v) is 10.6. The molecule has 3 aliphatic rings. The van der Waals surface area contributed by atoms with Crippen LogP contribution in [0.1, 0.15) is 115 Å². The molecule has 3 aliphatic carbocycles. The van der Waals surface area contributed by atoms with Crippen LogP contribution < -0.4 is 0 Å². The summed E-state index contributed by atoms with van der Waals surface area (Å²) in [7, 11) is 0. The second kappa shape index (κ2) is 7.35. The minimum Gasteiger partial charge on any atom is -0.294 e. The van der Waals surface area contributed by atoms with Crippen molar-refractivity contribution in [2.75, 3.05) is 0 Å². The quantitative estimate of drug-likeness (QED) is 0.436. The number of allylic oxidation sites excluding steroid dienone is 4. The Hall–Kier alpha value is -2.29. The van der Waals surface area contributed by atoms with E-state index in [1.165, 1.54) is 18.1 Å². The summed E-state index contributed by atoms with van der Waals surface area (Å²) >= 11 is 0. The van der Waals surface area contributed by atoms with Crippen LogP contribution in [-0.4, -0.2) is 17.3 Å². The van der Waals surface area contributed by atoms with Crippen LogP contribution in [0.3, 0.4) is 0 Å². The summed E-state index contributed by atoms with van der Waals surface area (Å²) in [6.45, 7) is 22.8. The van der Waals surface area contributed by atoms with Crippen molar-refractivity contribution in [3.8, 4) is 0 Å². The zero-order valence-electron chi connectivity index (χ0n) is 22.8. The summed E-state index contributed by atoms with van der Waals surface area (Å²) in [5.74, 6) is 0.307. The van der Waals surface area contributed by atoms with E-state index in [4.69, 9.17) is 0 Å². The third-order valence-electron chi connectivity index (χ3n) is 10.6. The SMILES string of the molecule is CC(=O)C1=C(C)CC2(C)C(C)C3(C)C(=C(C)C2(C)C1=O)C(=O)c1c(C)ccc(C(C)C)c1C3C. The Kier molecular flexibility index (Phi) is 5.37. The third kappa shape index (κ3) is 2.62. The molecule has 3 nitrogen and oxygen atoms in total. The summed E-state index contributed by atoms with van der Waals surface area (Å²) < 4.78 is 0. The van der Waals surface area contributed by atoms with Gasteiger partial charge in [-0.3, -0.25) is 14.4 Å². The Morgan fingerprint density at radius 2 is 1.62 bits per heavy atom. The van der Waals surface area contributed by atoms with Gasteiger partial charge in [-0.25, -0.2) is 0 Å². The van der Waals surface area contributed by atoms with E-state index in [9.17, 15) is 14.4 Å². The Labute approximate surface area is 205 Å². The molecule has 0 fully saturated rings. The van der Waals surface area contributed by atoms with E-state index < -0.39 is 16.2 Å².